The van der Waals surface area contributed by atoms with E-state index in [4.69, 9.17) is 9.97 Å². The summed E-state index contributed by atoms with van der Waals surface area (Å²) in [4.78, 5) is 10.4. The highest BCUT2D eigenvalue weighted by Gasteiger charge is 2.20. The van der Waals surface area contributed by atoms with Crippen molar-refractivity contribution >= 4 is 64.9 Å². The van der Waals surface area contributed by atoms with Gasteiger partial charge >= 0.3 is 0 Å². The Morgan fingerprint density at radius 1 is 0.340 bits per heavy atom. The topological polar surface area (TPSA) is 30.7 Å². The molecule has 0 bridgehead atoms. The van der Waals surface area contributed by atoms with E-state index in [1.165, 1.54) is 54.1 Å². The molecule has 0 amide bonds. The van der Waals surface area contributed by atoms with Crippen molar-refractivity contribution < 1.29 is 0 Å². The van der Waals surface area contributed by atoms with Gasteiger partial charge in [-0.1, -0.05) is 158 Å². The first-order valence-electron chi connectivity index (χ1n) is 18.1. The molecule has 0 unspecified atom stereocenters. The Morgan fingerprint density at radius 3 is 1.64 bits per heavy atom. The SMILES string of the molecule is c1ccc(-c2cc(-c3cccc4c(-n5c6ccc7ccccc7c6c6c7ccccc7ccc65)cccc34)nc(-c3ccc4ccccc4c3)n2)cc1. The first-order chi connectivity index (χ1) is 26.3. The van der Waals surface area contributed by atoms with Crippen molar-refractivity contribution in [3.05, 3.63) is 188 Å². The Hall–Kier alpha value is -7.10. The first-order valence-corrected chi connectivity index (χ1v) is 18.1. The van der Waals surface area contributed by atoms with Gasteiger partial charge in [-0.05, 0) is 68.0 Å². The third kappa shape index (κ3) is 4.68. The van der Waals surface area contributed by atoms with Gasteiger partial charge in [0.05, 0.1) is 28.1 Å². The van der Waals surface area contributed by atoms with Crippen molar-refractivity contribution in [1.82, 2.24) is 14.5 Å². The van der Waals surface area contributed by atoms with E-state index >= 15 is 0 Å². The molecule has 246 valence electrons. The molecule has 2 aromatic heterocycles. The zero-order chi connectivity index (χ0) is 34.9. The largest absolute Gasteiger partial charge is 0.309 e. The lowest BCUT2D eigenvalue weighted by Gasteiger charge is -2.15. The average molecular weight is 674 g/mol. The zero-order valence-corrected chi connectivity index (χ0v) is 28.7. The Bertz CT molecular complexity index is 3140. The molecule has 9 aromatic carbocycles. The van der Waals surface area contributed by atoms with E-state index in [9.17, 15) is 0 Å². The molecule has 0 N–H and O–H groups in total. The molecule has 0 spiro atoms. The van der Waals surface area contributed by atoms with Crippen LogP contribution in [-0.4, -0.2) is 14.5 Å². The molecule has 0 aliphatic rings. The van der Waals surface area contributed by atoms with Gasteiger partial charge in [-0.25, -0.2) is 9.97 Å². The van der Waals surface area contributed by atoms with Crippen molar-refractivity contribution in [2.75, 3.05) is 0 Å². The molecule has 11 rings (SSSR count). The molecule has 0 radical (unpaired) electrons. The number of aromatic nitrogens is 3. The van der Waals surface area contributed by atoms with Gasteiger partial charge in [0.25, 0.3) is 0 Å². The van der Waals surface area contributed by atoms with Crippen LogP contribution in [0.3, 0.4) is 0 Å². The van der Waals surface area contributed by atoms with Crippen LogP contribution in [0.1, 0.15) is 0 Å². The Kier molecular flexibility index (Phi) is 6.55. The maximum atomic E-state index is 5.30. The van der Waals surface area contributed by atoms with Crippen LogP contribution in [0.15, 0.2) is 188 Å². The second kappa shape index (κ2) is 11.7. The van der Waals surface area contributed by atoms with Gasteiger partial charge in [0, 0.05) is 32.8 Å². The standard InChI is InChI=1S/C50H31N3/c1-2-15-35(16-3-1)43-31-44(52-50(51-43)37-25-24-32-12-4-5-17-36(32)30-37)41-21-10-22-42-40(41)20-11-23-45(42)53-46-28-26-33-13-6-8-18-38(33)48(46)49-39-19-9-7-14-34(39)27-29-47(49)53/h1-31H. The summed E-state index contributed by atoms with van der Waals surface area (Å²) in [6.45, 7) is 0. The van der Waals surface area contributed by atoms with Crippen molar-refractivity contribution in [3.63, 3.8) is 0 Å². The second-order valence-corrected chi connectivity index (χ2v) is 13.8. The monoisotopic (exact) mass is 673 g/mol. The van der Waals surface area contributed by atoms with E-state index < -0.39 is 0 Å². The van der Waals surface area contributed by atoms with Crippen LogP contribution < -0.4 is 0 Å². The Morgan fingerprint density at radius 2 is 0.906 bits per heavy atom. The summed E-state index contributed by atoms with van der Waals surface area (Å²) in [5, 5.41) is 12.3. The van der Waals surface area contributed by atoms with Crippen LogP contribution in [0.5, 0.6) is 0 Å². The minimum absolute atomic E-state index is 0.710. The molecule has 0 aliphatic heterocycles. The summed E-state index contributed by atoms with van der Waals surface area (Å²) >= 11 is 0. The fraction of sp³-hybridized carbons (Fsp3) is 0. The van der Waals surface area contributed by atoms with Gasteiger partial charge in [-0.3, -0.25) is 0 Å². The van der Waals surface area contributed by atoms with Crippen molar-refractivity contribution in [1.29, 1.82) is 0 Å². The van der Waals surface area contributed by atoms with E-state index in [1.807, 2.05) is 6.07 Å². The summed E-state index contributed by atoms with van der Waals surface area (Å²) in [7, 11) is 0. The lowest BCUT2D eigenvalue weighted by atomic mass is 9.99. The Labute approximate surface area is 306 Å². The van der Waals surface area contributed by atoms with Crippen molar-refractivity contribution in [2.45, 2.75) is 0 Å². The van der Waals surface area contributed by atoms with Gasteiger partial charge < -0.3 is 4.57 Å². The number of benzene rings is 9. The summed E-state index contributed by atoms with van der Waals surface area (Å²) in [5.41, 5.74) is 8.44. The van der Waals surface area contributed by atoms with E-state index in [0.717, 1.165) is 44.5 Å². The third-order valence-electron chi connectivity index (χ3n) is 10.8. The quantitative estimate of drug-likeness (QED) is 0.186. The molecule has 0 fully saturated rings. The molecule has 2 heterocycles. The minimum Gasteiger partial charge on any atom is -0.309 e. The number of hydrogen-bond donors (Lipinski definition) is 0. The molecular weight excluding hydrogens is 643 g/mol. The maximum absolute atomic E-state index is 5.30. The van der Waals surface area contributed by atoms with Crippen LogP contribution in [-0.2, 0) is 0 Å². The van der Waals surface area contributed by atoms with Crippen LogP contribution in [0.2, 0.25) is 0 Å². The fourth-order valence-electron chi connectivity index (χ4n) is 8.32. The van der Waals surface area contributed by atoms with Crippen LogP contribution >= 0.6 is 0 Å². The second-order valence-electron chi connectivity index (χ2n) is 13.8. The highest BCUT2D eigenvalue weighted by Crippen LogP contribution is 2.42. The highest BCUT2D eigenvalue weighted by molar-refractivity contribution is 6.28. The molecular formula is C50H31N3. The number of rotatable bonds is 4. The van der Waals surface area contributed by atoms with Gasteiger partial charge in [0.15, 0.2) is 5.82 Å². The van der Waals surface area contributed by atoms with Gasteiger partial charge in [-0.15, -0.1) is 0 Å². The molecule has 53 heavy (non-hydrogen) atoms. The van der Waals surface area contributed by atoms with E-state index in [-0.39, 0.29) is 0 Å². The maximum Gasteiger partial charge on any atom is 0.160 e. The molecule has 0 aliphatic carbocycles. The van der Waals surface area contributed by atoms with Gasteiger partial charge in [0.1, 0.15) is 0 Å². The minimum atomic E-state index is 0.710. The van der Waals surface area contributed by atoms with Gasteiger partial charge in [0.2, 0.25) is 0 Å². The summed E-state index contributed by atoms with van der Waals surface area (Å²) in [6.07, 6.45) is 0. The average Bonchev–Trinajstić information content (AvgIpc) is 3.58. The number of nitrogens with zero attached hydrogens (tertiary/aromatic N) is 3. The normalized spacial score (nSPS) is 11.8. The van der Waals surface area contributed by atoms with E-state index in [0.29, 0.717) is 5.82 Å². The van der Waals surface area contributed by atoms with Crippen molar-refractivity contribution in [3.8, 4) is 39.6 Å². The highest BCUT2D eigenvalue weighted by atomic mass is 15.0. The molecule has 0 atom stereocenters. The third-order valence-corrected chi connectivity index (χ3v) is 10.8. The smallest absolute Gasteiger partial charge is 0.160 e. The molecule has 11 aromatic rings. The van der Waals surface area contributed by atoms with E-state index in [2.05, 4.69) is 187 Å². The van der Waals surface area contributed by atoms with Gasteiger partial charge in [-0.2, -0.15) is 0 Å². The van der Waals surface area contributed by atoms with Crippen LogP contribution in [0.25, 0.3) is 104 Å². The fourth-order valence-corrected chi connectivity index (χ4v) is 8.32. The Balaban J connectivity index is 1.18. The summed E-state index contributed by atoms with van der Waals surface area (Å²) in [6, 6.07) is 67.3. The van der Waals surface area contributed by atoms with Crippen molar-refractivity contribution in [2.24, 2.45) is 0 Å². The summed E-state index contributed by atoms with van der Waals surface area (Å²) in [5.74, 6) is 0.710. The van der Waals surface area contributed by atoms with Crippen LogP contribution in [0, 0.1) is 0 Å². The first kappa shape index (κ1) is 29.6. The number of hydrogen-bond acceptors (Lipinski definition) is 2. The zero-order valence-electron chi connectivity index (χ0n) is 28.7. The lowest BCUT2D eigenvalue weighted by molar-refractivity contribution is 1.18. The molecule has 0 saturated heterocycles. The number of fused-ring (bicyclic) bond motifs is 9. The van der Waals surface area contributed by atoms with Crippen LogP contribution in [0.4, 0.5) is 0 Å². The predicted molar refractivity (Wildman–Crippen MR) is 223 cm³/mol. The molecule has 0 saturated carbocycles. The lowest BCUT2D eigenvalue weighted by Crippen LogP contribution is -1.98. The predicted octanol–water partition coefficient (Wildman–Crippen LogP) is 13.2. The molecule has 3 nitrogen and oxygen atoms in total. The van der Waals surface area contributed by atoms with E-state index in [1.54, 1.807) is 0 Å². The molecule has 3 heteroatoms. The summed E-state index contributed by atoms with van der Waals surface area (Å²) < 4.78 is 2.46.